The lowest BCUT2D eigenvalue weighted by Gasteiger charge is -2.38. The number of hydrogen-bond donors (Lipinski definition) is 1. The molecule has 0 aliphatic carbocycles. The van der Waals surface area contributed by atoms with Crippen LogP contribution >= 0.6 is 0 Å². The maximum Gasteiger partial charge on any atom is 0.295 e. The van der Waals surface area contributed by atoms with Crippen molar-refractivity contribution in [2.45, 2.75) is 13.0 Å². The number of amides is 1. The average Bonchev–Trinajstić information content (AvgIpc) is 2.59. The molecule has 128 valence electrons. The first-order chi connectivity index (χ1) is 11.4. The van der Waals surface area contributed by atoms with Crippen molar-refractivity contribution in [3.05, 3.63) is 34.1 Å². The van der Waals surface area contributed by atoms with Crippen molar-refractivity contribution in [1.29, 1.82) is 0 Å². The lowest BCUT2D eigenvalue weighted by molar-refractivity contribution is -0.384. The fourth-order valence-corrected chi connectivity index (χ4v) is 2.71. The van der Waals surface area contributed by atoms with E-state index in [0.717, 1.165) is 6.07 Å². The second-order valence-corrected chi connectivity index (χ2v) is 5.51. The van der Waals surface area contributed by atoms with Crippen molar-refractivity contribution in [3.63, 3.8) is 0 Å². The van der Waals surface area contributed by atoms with Crippen LogP contribution in [0.15, 0.2) is 18.2 Å². The summed E-state index contributed by atoms with van der Waals surface area (Å²) in [4.78, 5) is 26.3. The number of carbonyl (C=O) groups excluding carboxylic acids is 1. The first kappa shape index (κ1) is 17.7. The number of halogens is 1. The highest BCUT2D eigenvalue weighted by Gasteiger charge is 2.28. The van der Waals surface area contributed by atoms with E-state index in [1.54, 1.807) is 6.92 Å². The van der Waals surface area contributed by atoms with E-state index in [1.807, 2.05) is 9.80 Å². The quantitative estimate of drug-likeness (QED) is 0.494. The Labute approximate surface area is 139 Å². The van der Waals surface area contributed by atoms with Crippen molar-refractivity contribution < 1.29 is 14.1 Å². The van der Waals surface area contributed by atoms with Crippen LogP contribution in [0.25, 0.3) is 0 Å². The Morgan fingerprint density at radius 3 is 2.71 bits per heavy atom. The highest BCUT2D eigenvalue weighted by molar-refractivity contribution is 5.81. The second-order valence-electron chi connectivity index (χ2n) is 5.51. The van der Waals surface area contributed by atoms with Gasteiger partial charge in [-0.15, -0.1) is 6.42 Å². The summed E-state index contributed by atoms with van der Waals surface area (Å²) in [7, 11) is 0. The minimum absolute atomic E-state index is 0.144. The van der Waals surface area contributed by atoms with E-state index in [2.05, 4.69) is 11.2 Å². The third-order valence-corrected chi connectivity index (χ3v) is 4.08. The SMILES string of the molecule is C#CCNC(=O)[C@H](C)N1CCN(c2ccc(F)cc2[N+](=O)[O-])CC1. The first-order valence-corrected chi connectivity index (χ1v) is 7.58. The van der Waals surface area contributed by atoms with Gasteiger partial charge in [-0.1, -0.05) is 5.92 Å². The maximum absolute atomic E-state index is 13.2. The van der Waals surface area contributed by atoms with E-state index in [9.17, 15) is 19.3 Å². The molecule has 1 N–H and O–H groups in total. The molecule has 7 nitrogen and oxygen atoms in total. The molecule has 2 rings (SSSR count). The number of nitro benzene ring substituents is 1. The second kappa shape index (κ2) is 7.75. The number of nitrogens with zero attached hydrogens (tertiary/aromatic N) is 3. The van der Waals surface area contributed by atoms with Crippen LogP contribution in [-0.4, -0.2) is 54.5 Å². The summed E-state index contributed by atoms with van der Waals surface area (Å²) in [6.45, 7) is 4.14. The zero-order valence-corrected chi connectivity index (χ0v) is 13.4. The molecule has 8 heteroatoms. The number of hydrogen-bond acceptors (Lipinski definition) is 5. The summed E-state index contributed by atoms with van der Waals surface area (Å²) >= 11 is 0. The summed E-state index contributed by atoms with van der Waals surface area (Å²) in [6, 6.07) is 3.23. The van der Waals surface area contributed by atoms with Gasteiger partial charge >= 0.3 is 0 Å². The van der Waals surface area contributed by atoms with E-state index >= 15 is 0 Å². The third-order valence-electron chi connectivity index (χ3n) is 4.08. The van der Waals surface area contributed by atoms with Gasteiger partial charge in [-0.05, 0) is 19.1 Å². The molecule has 1 aliphatic heterocycles. The number of benzene rings is 1. The van der Waals surface area contributed by atoms with Gasteiger partial charge in [-0.2, -0.15) is 0 Å². The van der Waals surface area contributed by atoms with E-state index in [1.165, 1.54) is 12.1 Å². The minimum atomic E-state index is -0.636. The zero-order chi connectivity index (χ0) is 17.7. The molecule has 0 radical (unpaired) electrons. The van der Waals surface area contributed by atoms with Crippen molar-refractivity contribution in [2.24, 2.45) is 0 Å². The van der Waals surface area contributed by atoms with Gasteiger partial charge in [0.2, 0.25) is 5.91 Å². The molecule has 0 aromatic heterocycles. The van der Waals surface area contributed by atoms with Gasteiger partial charge in [0.15, 0.2) is 0 Å². The number of nitrogens with one attached hydrogen (secondary N) is 1. The predicted octanol–water partition coefficient (Wildman–Crippen LogP) is 0.994. The molecule has 0 saturated carbocycles. The lowest BCUT2D eigenvalue weighted by Crippen LogP contribution is -2.54. The normalized spacial score (nSPS) is 16.3. The Morgan fingerprint density at radius 2 is 2.12 bits per heavy atom. The molecule has 0 spiro atoms. The zero-order valence-electron chi connectivity index (χ0n) is 13.4. The Hall–Kier alpha value is -2.66. The minimum Gasteiger partial charge on any atom is -0.363 e. The molecule has 1 atom stereocenters. The van der Waals surface area contributed by atoms with Crippen LogP contribution in [0, 0.1) is 28.3 Å². The van der Waals surface area contributed by atoms with Crippen LogP contribution in [-0.2, 0) is 4.79 Å². The van der Waals surface area contributed by atoms with Crippen LogP contribution in [0.5, 0.6) is 0 Å². The highest BCUT2D eigenvalue weighted by atomic mass is 19.1. The molecule has 0 bridgehead atoms. The average molecular weight is 334 g/mol. The molecule has 1 aliphatic rings. The van der Waals surface area contributed by atoms with Crippen LogP contribution in [0.3, 0.4) is 0 Å². The number of piperazine rings is 1. The summed E-state index contributed by atoms with van der Waals surface area (Å²) in [5.41, 5.74) is 0.147. The summed E-state index contributed by atoms with van der Waals surface area (Å²) < 4.78 is 13.2. The summed E-state index contributed by atoms with van der Waals surface area (Å²) in [5.74, 6) is 1.57. The van der Waals surface area contributed by atoms with Crippen molar-refractivity contribution in [3.8, 4) is 12.3 Å². The van der Waals surface area contributed by atoms with E-state index in [4.69, 9.17) is 6.42 Å². The molecular formula is C16H19FN4O3. The molecule has 1 heterocycles. The Kier molecular flexibility index (Phi) is 5.71. The number of anilines is 1. The number of nitro groups is 1. The molecular weight excluding hydrogens is 315 g/mol. The van der Waals surface area contributed by atoms with Gasteiger partial charge in [-0.25, -0.2) is 4.39 Å². The van der Waals surface area contributed by atoms with Gasteiger partial charge in [0.25, 0.3) is 5.69 Å². The van der Waals surface area contributed by atoms with Crippen molar-refractivity contribution in [1.82, 2.24) is 10.2 Å². The van der Waals surface area contributed by atoms with Gasteiger partial charge < -0.3 is 10.2 Å². The topological polar surface area (TPSA) is 78.7 Å². The summed E-state index contributed by atoms with van der Waals surface area (Å²) in [6.07, 6.45) is 5.12. The van der Waals surface area contributed by atoms with Crippen LogP contribution < -0.4 is 10.2 Å². The lowest BCUT2D eigenvalue weighted by atomic mass is 10.1. The monoisotopic (exact) mass is 334 g/mol. The highest BCUT2D eigenvalue weighted by Crippen LogP contribution is 2.29. The van der Waals surface area contributed by atoms with Gasteiger partial charge in [-0.3, -0.25) is 19.8 Å². The van der Waals surface area contributed by atoms with E-state index in [0.29, 0.717) is 31.9 Å². The van der Waals surface area contributed by atoms with Crippen LogP contribution in [0.2, 0.25) is 0 Å². The molecule has 1 aromatic carbocycles. The van der Waals surface area contributed by atoms with Crippen LogP contribution in [0.4, 0.5) is 15.8 Å². The molecule has 1 amide bonds. The summed E-state index contributed by atoms with van der Waals surface area (Å²) in [5, 5.41) is 13.8. The third kappa shape index (κ3) is 4.00. The molecule has 1 aromatic rings. The number of rotatable bonds is 5. The standard InChI is InChI=1S/C16H19FN4O3/c1-3-6-18-16(22)12(2)19-7-9-20(10-8-19)14-5-4-13(17)11-15(14)21(23)24/h1,4-5,11-12H,6-10H2,2H3,(H,18,22)/t12-/m0/s1. The largest absolute Gasteiger partial charge is 0.363 e. The smallest absolute Gasteiger partial charge is 0.295 e. The van der Waals surface area contributed by atoms with Gasteiger partial charge in [0.1, 0.15) is 11.5 Å². The van der Waals surface area contributed by atoms with Crippen LogP contribution in [0.1, 0.15) is 6.92 Å². The Balaban J connectivity index is 2.02. The van der Waals surface area contributed by atoms with Crippen molar-refractivity contribution in [2.75, 3.05) is 37.6 Å². The van der Waals surface area contributed by atoms with Gasteiger partial charge in [0, 0.05) is 26.2 Å². The Morgan fingerprint density at radius 1 is 1.46 bits per heavy atom. The Bertz CT molecular complexity index is 666. The fourth-order valence-electron chi connectivity index (χ4n) is 2.71. The molecule has 0 unspecified atom stereocenters. The molecule has 1 saturated heterocycles. The van der Waals surface area contributed by atoms with Gasteiger partial charge in [0.05, 0.1) is 23.6 Å². The van der Waals surface area contributed by atoms with E-state index in [-0.39, 0.29) is 24.2 Å². The maximum atomic E-state index is 13.2. The number of carbonyl (C=O) groups is 1. The van der Waals surface area contributed by atoms with Crippen molar-refractivity contribution >= 4 is 17.3 Å². The fraction of sp³-hybridized carbons (Fsp3) is 0.438. The van der Waals surface area contributed by atoms with E-state index < -0.39 is 10.7 Å². The predicted molar refractivity (Wildman–Crippen MR) is 88.1 cm³/mol. The first-order valence-electron chi connectivity index (χ1n) is 7.58. The molecule has 24 heavy (non-hydrogen) atoms. The number of terminal acetylenes is 1. The molecule has 1 fully saturated rings.